The number of amides is 1. The van der Waals surface area contributed by atoms with E-state index in [0.29, 0.717) is 0 Å². The first-order valence-corrected chi connectivity index (χ1v) is 13.8. The predicted molar refractivity (Wildman–Crippen MR) is 146 cm³/mol. The van der Waals surface area contributed by atoms with Gasteiger partial charge < -0.3 is 39.5 Å². The molecule has 2 heterocycles. The van der Waals surface area contributed by atoms with Crippen LogP contribution in [0, 0.1) is 10.4 Å². The van der Waals surface area contributed by atoms with Crippen LogP contribution < -0.4 is 26.4 Å². The quantitative estimate of drug-likeness (QED) is 0.200. The van der Waals surface area contributed by atoms with Crippen molar-refractivity contribution in [1.82, 2.24) is 4.90 Å². The molecule has 6 rings (SSSR count). The zero-order valence-electron chi connectivity index (χ0n) is 23.5. The molecule has 0 radical (unpaired) electrons. The van der Waals surface area contributed by atoms with E-state index >= 15 is 0 Å². The molecule has 1 amide bonds. The number of carbonyl (C=O) groups excluding carboxylic acids is 1. The minimum atomic E-state index is -2.35. The summed E-state index contributed by atoms with van der Waals surface area (Å²) in [5, 5.41) is 42.4. The van der Waals surface area contributed by atoms with E-state index in [-0.39, 0.29) is 40.8 Å². The van der Waals surface area contributed by atoms with Gasteiger partial charge in [-0.25, -0.2) is 4.79 Å². The molecule has 0 spiro atoms. The van der Waals surface area contributed by atoms with Gasteiger partial charge in [0.15, 0.2) is 22.9 Å². The van der Waals surface area contributed by atoms with E-state index in [0.717, 1.165) is 4.90 Å². The summed E-state index contributed by atoms with van der Waals surface area (Å²) < 4.78 is 23.0. The van der Waals surface area contributed by atoms with E-state index in [4.69, 9.17) is 18.9 Å². The Morgan fingerprint density at radius 1 is 1.16 bits per heavy atom. The second-order valence-corrected chi connectivity index (χ2v) is 11.2. The minimum absolute atomic E-state index is 0.0394. The fraction of sp³-hybridized carbons (Fsp3) is 0.448. The molecule has 2 fully saturated rings. The van der Waals surface area contributed by atoms with Crippen LogP contribution in [0.3, 0.4) is 0 Å². The first kappa shape index (κ1) is 29.8. The van der Waals surface area contributed by atoms with Crippen LogP contribution in [0.5, 0.6) is 5.75 Å². The SMILES string of the molecule is COc1cccc2c(=O)c3c(=O)c4c(c(=NO)c=3c(=O)c12)[C@@H](O[C@H]1C[C@H]2[C@H](OCN2C(=O)O)[C@H](C)O1)C[C@](O)(C(=O)CO)C4. The lowest BCUT2D eigenvalue weighted by Gasteiger charge is -2.41. The fourth-order valence-electron chi connectivity index (χ4n) is 6.78. The topological polar surface area (TPSA) is 219 Å². The third-order valence-corrected chi connectivity index (χ3v) is 8.83. The number of carboxylic acid groups (broad SMARTS) is 1. The van der Waals surface area contributed by atoms with Crippen LogP contribution in [-0.4, -0.2) is 87.9 Å². The van der Waals surface area contributed by atoms with Crippen molar-refractivity contribution in [3.05, 3.63) is 75.8 Å². The number of nitrogens with zero attached hydrogens (tertiary/aromatic N) is 2. The normalized spacial score (nSPS) is 28.7. The summed E-state index contributed by atoms with van der Waals surface area (Å²) in [5.41, 5.74) is -5.47. The summed E-state index contributed by atoms with van der Waals surface area (Å²) >= 11 is 0. The Morgan fingerprint density at radius 2 is 1.91 bits per heavy atom. The molecule has 1 aromatic rings. The van der Waals surface area contributed by atoms with Gasteiger partial charge in [0.1, 0.15) is 36.1 Å². The van der Waals surface area contributed by atoms with Crippen LogP contribution in [0.2, 0.25) is 0 Å². The number of aliphatic hydroxyl groups is 2. The molecule has 15 nitrogen and oxygen atoms in total. The van der Waals surface area contributed by atoms with Crippen molar-refractivity contribution in [3.63, 3.8) is 0 Å². The molecule has 44 heavy (non-hydrogen) atoms. The Labute approximate surface area is 246 Å². The van der Waals surface area contributed by atoms with Gasteiger partial charge in [-0.2, -0.15) is 0 Å². The van der Waals surface area contributed by atoms with Gasteiger partial charge >= 0.3 is 6.09 Å². The maximum Gasteiger partial charge on any atom is 0.409 e. The van der Waals surface area contributed by atoms with Crippen molar-refractivity contribution in [2.75, 3.05) is 20.4 Å². The molecule has 2 aliphatic heterocycles. The Morgan fingerprint density at radius 3 is 2.57 bits per heavy atom. The first-order valence-electron chi connectivity index (χ1n) is 13.8. The standard InChI is InChI=1S/C29H28N2O13/c1-11-27-14(31(10-42-27)28(37)38)6-18(43-11)44-16-8-29(39,17(33)9-32)7-13-19(16)23(30-40)21-22(25(13)35)24(34)12-4-3-5-15(41-2)20(12)26(21)36/h3-5,11,14,16,18,27,32,39-40H,6-10H2,1-2H3,(H,37,38)/t11-,14-,16-,18-,27+,29-/m0/s1. The number of ketones is 1. The number of fused-ring (bicyclic) bond motifs is 3. The van der Waals surface area contributed by atoms with Crippen molar-refractivity contribution < 1.29 is 49.1 Å². The van der Waals surface area contributed by atoms with Crippen LogP contribution in [-0.2, 0) is 25.4 Å². The lowest BCUT2D eigenvalue weighted by Crippen LogP contribution is -2.53. The molecule has 6 atom stereocenters. The number of rotatable bonds is 5. The van der Waals surface area contributed by atoms with Crippen molar-refractivity contribution in [2.24, 2.45) is 5.16 Å². The highest BCUT2D eigenvalue weighted by atomic mass is 16.7. The van der Waals surface area contributed by atoms with E-state index in [1.165, 1.54) is 25.3 Å². The average Bonchev–Trinajstić information content (AvgIpc) is 3.44. The summed E-state index contributed by atoms with van der Waals surface area (Å²) in [6.07, 6.45) is -6.36. The molecule has 5 aliphatic rings. The van der Waals surface area contributed by atoms with Crippen LogP contribution in [0.4, 0.5) is 4.79 Å². The molecule has 3 aliphatic carbocycles. The molecule has 232 valence electrons. The highest BCUT2D eigenvalue weighted by molar-refractivity contribution is 5.89. The number of hydrogen-bond donors (Lipinski definition) is 4. The third kappa shape index (κ3) is 4.30. The van der Waals surface area contributed by atoms with Crippen LogP contribution in [0.1, 0.15) is 37.0 Å². The molecule has 4 N–H and O–H groups in total. The van der Waals surface area contributed by atoms with Crippen molar-refractivity contribution in [1.29, 1.82) is 0 Å². The van der Waals surface area contributed by atoms with Gasteiger partial charge in [0.2, 0.25) is 5.43 Å². The second kappa shape index (κ2) is 10.7. The van der Waals surface area contributed by atoms with Crippen molar-refractivity contribution in [3.8, 4) is 5.75 Å². The van der Waals surface area contributed by atoms with E-state index in [2.05, 4.69) is 5.16 Å². The van der Waals surface area contributed by atoms with Gasteiger partial charge in [-0.05, 0) is 13.0 Å². The molecule has 15 heteroatoms. The summed E-state index contributed by atoms with van der Waals surface area (Å²) in [6.45, 7) is 0.377. The van der Waals surface area contributed by atoms with Gasteiger partial charge in [0.05, 0.1) is 41.2 Å². The molecular formula is C29H28N2O13. The molecular weight excluding hydrogens is 584 g/mol. The maximum absolute atomic E-state index is 14.0. The van der Waals surface area contributed by atoms with E-state index < -0.39 is 99.7 Å². The largest absolute Gasteiger partial charge is 0.496 e. The summed E-state index contributed by atoms with van der Waals surface area (Å²) in [5.74, 6) is -0.981. The number of benzene rings is 1. The third-order valence-electron chi connectivity index (χ3n) is 8.83. The Balaban J connectivity index is 1.60. The molecule has 2 saturated heterocycles. The Hall–Kier alpha value is -4.28. The van der Waals surface area contributed by atoms with Gasteiger partial charge in [-0.1, -0.05) is 17.3 Å². The number of carbonyl (C=O) groups is 2. The summed E-state index contributed by atoms with van der Waals surface area (Å²) in [4.78, 5) is 67.2. The van der Waals surface area contributed by atoms with E-state index in [9.17, 15) is 44.5 Å². The average molecular weight is 613 g/mol. The van der Waals surface area contributed by atoms with Crippen LogP contribution in [0.25, 0.3) is 10.8 Å². The van der Waals surface area contributed by atoms with Gasteiger partial charge in [0, 0.05) is 35.8 Å². The molecule has 0 aromatic heterocycles. The maximum atomic E-state index is 14.0. The highest BCUT2D eigenvalue weighted by Gasteiger charge is 2.50. The zero-order chi connectivity index (χ0) is 31.7. The lowest BCUT2D eigenvalue weighted by molar-refractivity contribution is -0.246. The smallest absolute Gasteiger partial charge is 0.409 e. The Kier molecular flexibility index (Phi) is 7.25. The van der Waals surface area contributed by atoms with Crippen molar-refractivity contribution in [2.45, 2.75) is 62.4 Å². The minimum Gasteiger partial charge on any atom is -0.496 e. The van der Waals surface area contributed by atoms with E-state index in [1.54, 1.807) is 6.92 Å². The summed E-state index contributed by atoms with van der Waals surface area (Å²) in [6, 6.07) is 3.59. The summed E-state index contributed by atoms with van der Waals surface area (Å²) in [7, 11) is 1.30. The highest BCUT2D eigenvalue weighted by Crippen LogP contribution is 2.40. The number of Topliss-reactive ketones (excluding diaryl/α,β-unsaturated/α-hetero) is 1. The molecule has 0 saturated carbocycles. The van der Waals surface area contributed by atoms with Crippen molar-refractivity contribution >= 4 is 22.6 Å². The molecule has 0 bridgehead atoms. The monoisotopic (exact) mass is 612 g/mol. The fourth-order valence-corrected chi connectivity index (χ4v) is 6.78. The number of methoxy groups -OCH3 is 1. The number of aliphatic hydroxyl groups excluding tert-OH is 1. The van der Waals surface area contributed by atoms with Gasteiger partial charge in [-0.3, -0.25) is 24.1 Å². The van der Waals surface area contributed by atoms with E-state index in [1.807, 2.05) is 0 Å². The predicted octanol–water partition coefficient (Wildman–Crippen LogP) is -1.04. The number of ether oxygens (including phenoxy) is 4. The lowest BCUT2D eigenvalue weighted by atomic mass is 9.75. The zero-order valence-corrected chi connectivity index (χ0v) is 23.5. The second-order valence-electron chi connectivity index (χ2n) is 11.2. The molecule has 1 aromatic carbocycles. The number of hydrogen-bond acceptors (Lipinski definition) is 13. The van der Waals surface area contributed by atoms with Crippen LogP contribution >= 0.6 is 0 Å². The van der Waals surface area contributed by atoms with Gasteiger partial charge in [-0.15, -0.1) is 0 Å². The van der Waals surface area contributed by atoms with Crippen LogP contribution in [0.15, 0.2) is 37.7 Å². The molecule has 0 unspecified atom stereocenters. The Bertz CT molecular complexity index is 1990. The first-order chi connectivity index (χ1) is 20.9. The van der Waals surface area contributed by atoms with Gasteiger partial charge in [0.25, 0.3) is 0 Å².